The van der Waals surface area contributed by atoms with Crippen LogP contribution in [0.15, 0.2) is 0 Å². The Morgan fingerprint density at radius 3 is 0.750 bits per heavy atom. The molecular formula is C40H60N4O4S4. The molecule has 10 fully saturated rings. The van der Waals surface area contributed by atoms with Crippen LogP contribution in [-0.4, -0.2) is 112 Å². The van der Waals surface area contributed by atoms with Gasteiger partial charge in [0.15, 0.2) is 19.5 Å². The summed E-state index contributed by atoms with van der Waals surface area (Å²) in [4.78, 5) is 62.2. The lowest BCUT2D eigenvalue weighted by molar-refractivity contribution is -0.166. The number of hydrogen-bond acceptors (Lipinski definition) is 8. The standard InChI is InChI=1S/2C20H30N2O2S2/c2*1-25-19-11-13-7-3-5-9-15(13)21(19)18(24)20(26-2)12-14-8-4-6-10-16(14)22(20)17(19)23/h2*13-16H,3-12H2,1-2H3/t2*13-,14-,15-,16-,19+,20+/m00/s1. The molecule has 0 aromatic carbocycles. The van der Waals surface area contributed by atoms with Crippen LogP contribution in [0.3, 0.4) is 0 Å². The molecule has 288 valence electrons. The zero-order valence-corrected chi connectivity index (χ0v) is 35.1. The predicted molar refractivity (Wildman–Crippen MR) is 214 cm³/mol. The molecule has 52 heavy (non-hydrogen) atoms. The van der Waals surface area contributed by atoms with Gasteiger partial charge in [0.1, 0.15) is 0 Å². The smallest absolute Gasteiger partial charge is 0.260 e. The van der Waals surface area contributed by atoms with Gasteiger partial charge in [-0.05, 0) is 126 Å². The minimum atomic E-state index is -0.623. The van der Waals surface area contributed by atoms with Crippen LogP contribution in [0.1, 0.15) is 128 Å². The Labute approximate surface area is 328 Å². The highest BCUT2D eigenvalue weighted by Crippen LogP contribution is 2.63. The Hall–Kier alpha value is -0.720. The second-order valence-corrected chi connectivity index (χ2v) is 22.3. The van der Waals surface area contributed by atoms with Crippen molar-refractivity contribution < 1.29 is 19.2 Å². The Kier molecular flexibility index (Phi) is 9.54. The van der Waals surface area contributed by atoms with Gasteiger partial charge >= 0.3 is 0 Å². The zero-order chi connectivity index (χ0) is 36.2. The van der Waals surface area contributed by atoms with E-state index in [1.807, 2.05) is 0 Å². The van der Waals surface area contributed by atoms with E-state index in [1.54, 1.807) is 47.0 Å². The fourth-order valence-electron chi connectivity index (χ4n) is 13.8. The van der Waals surface area contributed by atoms with Crippen molar-refractivity contribution in [1.82, 2.24) is 19.6 Å². The number of rotatable bonds is 4. The maximum Gasteiger partial charge on any atom is 0.260 e. The van der Waals surface area contributed by atoms with Crippen molar-refractivity contribution in [2.75, 3.05) is 25.0 Å². The molecular weight excluding hydrogens is 729 g/mol. The highest BCUT2D eigenvalue weighted by Gasteiger charge is 2.74. The fraction of sp³-hybridized carbons (Fsp3) is 0.900. The van der Waals surface area contributed by atoms with Gasteiger partial charge in [-0.1, -0.05) is 51.4 Å². The molecule has 4 amide bonds. The van der Waals surface area contributed by atoms with Crippen molar-refractivity contribution in [1.29, 1.82) is 0 Å². The van der Waals surface area contributed by atoms with Crippen molar-refractivity contribution >= 4 is 70.7 Å². The Morgan fingerprint density at radius 1 is 0.365 bits per heavy atom. The Morgan fingerprint density at radius 2 is 0.558 bits per heavy atom. The summed E-state index contributed by atoms with van der Waals surface area (Å²) < 4.78 is 0. The van der Waals surface area contributed by atoms with Crippen LogP contribution >= 0.6 is 47.0 Å². The first-order chi connectivity index (χ1) is 25.2. The minimum absolute atomic E-state index is 0.266. The minimum Gasteiger partial charge on any atom is -0.313 e. The summed E-state index contributed by atoms with van der Waals surface area (Å²) in [5, 5.41) is 0. The number of piperazine rings is 2. The van der Waals surface area contributed by atoms with Crippen LogP contribution in [0.4, 0.5) is 0 Å². The summed E-state index contributed by atoms with van der Waals surface area (Å²) >= 11 is 6.58. The molecule has 6 aliphatic heterocycles. The molecule has 0 N–H and O–H groups in total. The van der Waals surface area contributed by atoms with Crippen molar-refractivity contribution in [2.24, 2.45) is 23.7 Å². The van der Waals surface area contributed by atoms with E-state index in [1.165, 1.54) is 77.0 Å². The van der Waals surface area contributed by atoms with E-state index >= 15 is 0 Å². The van der Waals surface area contributed by atoms with Crippen molar-refractivity contribution in [3.8, 4) is 0 Å². The predicted octanol–water partition coefficient (Wildman–Crippen LogP) is 7.40. The average molecular weight is 789 g/mol. The molecule has 6 saturated heterocycles. The highest BCUT2D eigenvalue weighted by molar-refractivity contribution is 8.02. The summed E-state index contributed by atoms with van der Waals surface area (Å²) in [5.41, 5.74) is 0. The number of hydrogen-bond donors (Lipinski definition) is 0. The summed E-state index contributed by atoms with van der Waals surface area (Å²) in [5.74, 6) is 3.14. The first-order valence-corrected chi connectivity index (χ1v) is 25.6. The second-order valence-electron chi connectivity index (χ2n) is 17.9. The maximum absolute atomic E-state index is 14.0. The summed E-state index contributed by atoms with van der Waals surface area (Å²) in [6.45, 7) is 0. The van der Waals surface area contributed by atoms with E-state index in [9.17, 15) is 19.2 Å². The number of nitrogens with zero attached hydrogens (tertiary/aromatic N) is 4. The van der Waals surface area contributed by atoms with Gasteiger partial charge in [0, 0.05) is 24.2 Å². The number of carbonyl (C=O) groups is 4. The Balaban J connectivity index is 0.000000138. The van der Waals surface area contributed by atoms with Crippen molar-refractivity contribution in [2.45, 2.75) is 172 Å². The molecule has 0 spiro atoms. The third kappa shape index (κ3) is 4.76. The van der Waals surface area contributed by atoms with E-state index < -0.39 is 19.5 Å². The first kappa shape index (κ1) is 36.9. The van der Waals surface area contributed by atoms with Crippen LogP contribution in [0.25, 0.3) is 0 Å². The monoisotopic (exact) mass is 788 g/mol. The number of fused-ring (bicyclic) bond motifs is 12. The Bertz CT molecular complexity index is 1290. The largest absolute Gasteiger partial charge is 0.313 e. The molecule has 10 rings (SSSR count). The van der Waals surface area contributed by atoms with Gasteiger partial charge in [-0.25, -0.2) is 0 Å². The summed E-state index contributed by atoms with van der Waals surface area (Å²) in [6.07, 6.45) is 30.6. The molecule has 12 heteroatoms. The lowest BCUT2D eigenvalue weighted by Crippen LogP contribution is -2.73. The molecule has 10 aliphatic rings. The van der Waals surface area contributed by atoms with Gasteiger partial charge < -0.3 is 19.6 Å². The van der Waals surface area contributed by atoms with Gasteiger partial charge in [-0.2, -0.15) is 0 Å². The van der Waals surface area contributed by atoms with Gasteiger partial charge in [-0.3, -0.25) is 19.2 Å². The number of amides is 4. The third-order valence-corrected chi connectivity index (χ3v) is 20.9. The van der Waals surface area contributed by atoms with Gasteiger partial charge in [0.2, 0.25) is 0 Å². The average Bonchev–Trinajstić information content (AvgIpc) is 3.92. The van der Waals surface area contributed by atoms with E-state index in [2.05, 4.69) is 44.6 Å². The van der Waals surface area contributed by atoms with E-state index in [-0.39, 0.29) is 23.6 Å². The van der Waals surface area contributed by atoms with Crippen LogP contribution in [-0.2, 0) is 19.2 Å². The van der Waals surface area contributed by atoms with Gasteiger partial charge in [-0.15, -0.1) is 47.0 Å². The van der Waals surface area contributed by atoms with Crippen molar-refractivity contribution in [3.63, 3.8) is 0 Å². The van der Waals surface area contributed by atoms with Crippen LogP contribution in [0.5, 0.6) is 0 Å². The van der Waals surface area contributed by atoms with Gasteiger partial charge in [0.25, 0.3) is 23.6 Å². The molecule has 4 aliphatic carbocycles. The molecule has 12 atom stereocenters. The second kappa shape index (κ2) is 13.5. The molecule has 8 nitrogen and oxygen atoms in total. The summed E-state index contributed by atoms with van der Waals surface area (Å²) in [6, 6.07) is 1.17. The zero-order valence-electron chi connectivity index (χ0n) is 31.8. The van der Waals surface area contributed by atoms with Crippen molar-refractivity contribution in [3.05, 3.63) is 0 Å². The molecule has 0 radical (unpaired) electrons. The SMILES string of the molecule is CS[C@@]12C[C@@H]3CCCC[C@@H]3N1C(=O)[C@]1(SC)C[C@@H]3CCCC[C@@H]3N1C2=O.CS[C@@]12C[C@@H]3CCCC[C@@H]3N1C(=O)[C@]1(SC)C[C@@H]3CCCC[C@@H]3N1C2=O. The molecule has 0 unspecified atom stereocenters. The normalized spacial score (nSPS) is 47.5. The molecule has 0 aromatic rings. The topological polar surface area (TPSA) is 81.2 Å². The molecule has 0 aromatic heterocycles. The van der Waals surface area contributed by atoms with E-state index in [4.69, 9.17) is 0 Å². The number of thioether (sulfide) groups is 4. The van der Waals surface area contributed by atoms with Crippen LogP contribution in [0, 0.1) is 23.7 Å². The third-order valence-electron chi connectivity index (χ3n) is 16.1. The highest BCUT2D eigenvalue weighted by atomic mass is 32.2. The van der Waals surface area contributed by atoms with Gasteiger partial charge in [0.05, 0.1) is 0 Å². The van der Waals surface area contributed by atoms with E-state index in [0.717, 1.165) is 51.4 Å². The van der Waals surface area contributed by atoms with Crippen LogP contribution < -0.4 is 0 Å². The quantitative estimate of drug-likeness (QED) is 0.292. The lowest BCUT2D eigenvalue weighted by Gasteiger charge is -2.54. The number of carbonyl (C=O) groups excluding carboxylic acids is 4. The summed E-state index contributed by atoms with van der Waals surface area (Å²) in [7, 11) is 0. The molecule has 4 saturated carbocycles. The van der Waals surface area contributed by atoms with Crippen LogP contribution in [0.2, 0.25) is 0 Å². The first-order valence-electron chi connectivity index (χ1n) is 20.7. The molecule has 0 bridgehead atoms. The maximum atomic E-state index is 14.0. The molecule has 6 heterocycles. The fourth-order valence-corrected chi connectivity index (χ4v) is 18.1. The lowest BCUT2D eigenvalue weighted by atomic mass is 9.83. The van der Waals surface area contributed by atoms with E-state index in [0.29, 0.717) is 47.8 Å².